The summed E-state index contributed by atoms with van der Waals surface area (Å²) in [6, 6.07) is 4.69. The summed E-state index contributed by atoms with van der Waals surface area (Å²) in [6.45, 7) is 0. The minimum Gasteiger partial charge on any atom is -0.268 e. The monoisotopic (exact) mass is 287 g/mol. The van der Waals surface area contributed by atoms with Crippen molar-refractivity contribution < 1.29 is 26.4 Å². The van der Waals surface area contributed by atoms with Crippen molar-refractivity contribution in [2.75, 3.05) is 0 Å². The van der Waals surface area contributed by atoms with Gasteiger partial charge in [-0.2, -0.15) is 21.6 Å². The van der Waals surface area contributed by atoms with Gasteiger partial charge in [-0.15, -0.1) is 0 Å². The zero-order valence-corrected chi connectivity index (χ0v) is 9.53. The molecule has 0 saturated carbocycles. The molecule has 1 N–H and O–H groups in total. The van der Waals surface area contributed by atoms with E-state index < -0.39 is 21.4 Å². The van der Waals surface area contributed by atoms with Gasteiger partial charge in [0.1, 0.15) is 0 Å². The molecule has 0 heterocycles. The van der Waals surface area contributed by atoms with Crippen LogP contribution in [0.15, 0.2) is 24.3 Å². The van der Waals surface area contributed by atoms with Crippen LogP contribution in [0.3, 0.4) is 0 Å². The molecule has 0 aliphatic heterocycles. The summed E-state index contributed by atoms with van der Waals surface area (Å²) < 4.78 is 58.0. The molecular weight excluding hydrogens is 283 g/mol. The second-order valence-electron chi connectivity index (χ2n) is 2.89. The summed E-state index contributed by atoms with van der Waals surface area (Å²) in [5, 5.41) is 0.264. The van der Waals surface area contributed by atoms with Crippen molar-refractivity contribution >= 4 is 27.5 Å². The van der Waals surface area contributed by atoms with E-state index in [9.17, 15) is 26.4 Å². The number of halogens is 4. The maximum absolute atomic E-state index is 11.9. The van der Waals surface area contributed by atoms with E-state index >= 15 is 0 Å². The Bertz CT molecular complexity index is 524. The molecule has 0 aromatic heterocycles. The van der Waals surface area contributed by atoms with Gasteiger partial charge in [-0.05, 0) is 24.3 Å². The Morgan fingerprint density at radius 1 is 1.18 bits per heavy atom. The molecule has 17 heavy (non-hydrogen) atoms. The van der Waals surface area contributed by atoms with Crippen LogP contribution in [-0.4, -0.2) is 19.8 Å². The lowest BCUT2D eigenvalue weighted by Gasteiger charge is -2.09. The molecule has 0 bridgehead atoms. The van der Waals surface area contributed by atoms with E-state index in [0.29, 0.717) is 0 Å². The molecule has 0 saturated heterocycles. The maximum atomic E-state index is 11.9. The lowest BCUT2D eigenvalue weighted by molar-refractivity contribution is -0.0446. The summed E-state index contributed by atoms with van der Waals surface area (Å²) in [4.78, 5) is 11.2. The molecule has 0 unspecified atom stereocenters. The number of rotatable bonds is 2. The highest BCUT2D eigenvalue weighted by molar-refractivity contribution is 7.90. The van der Waals surface area contributed by atoms with Crippen LogP contribution in [0.5, 0.6) is 0 Å². The SMILES string of the molecule is O=C(NS(=O)(=O)C(F)(F)F)c1ccc(Cl)cc1. The summed E-state index contributed by atoms with van der Waals surface area (Å²) in [5.74, 6) is -1.38. The van der Waals surface area contributed by atoms with E-state index in [4.69, 9.17) is 11.6 Å². The number of amides is 1. The van der Waals surface area contributed by atoms with E-state index in [1.165, 1.54) is 12.1 Å². The number of benzene rings is 1. The Morgan fingerprint density at radius 2 is 1.65 bits per heavy atom. The standard InChI is InChI=1S/C8H5ClF3NO3S/c9-6-3-1-5(2-4-6)7(14)13-17(15,16)8(10,11)12/h1-4H,(H,13,14). The molecular formula is C8H5ClF3NO3S. The van der Waals surface area contributed by atoms with Crippen LogP contribution >= 0.6 is 11.6 Å². The third-order valence-electron chi connectivity index (χ3n) is 1.64. The first-order chi connectivity index (χ1) is 7.63. The molecule has 9 heteroatoms. The maximum Gasteiger partial charge on any atom is 0.516 e. The van der Waals surface area contributed by atoms with Crippen molar-refractivity contribution in [2.24, 2.45) is 0 Å². The van der Waals surface area contributed by atoms with Gasteiger partial charge in [0.05, 0.1) is 0 Å². The molecule has 0 radical (unpaired) electrons. The van der Waals surface area contributed by atoms with Gasteiger partial charge in [0, 0.05) is 10.6 Å². The van der Waals surface area contributed by atoms with Crippen LogP contribution in [0.25, 0.3) is 0 Å². The lowest BCUT2D eigenvalue weighted by atomic mass is 10.2. The second kappa shape index (κ2) is 4.53. The van der Waals surface area contributed by atoms with E-state index in [1.54, 1.807) is 0 Å². The fraction of sp³-hybridized carbons (Fsp3) is 0.125. The number of carbonyl (C=O) groups is 1. The first-order valence-electron chi connectivity index (χ1n) is 4.02. The zero-order valence-electron chi connectivity index (χ0n) is 7.95. The second-order valence-corrected chi connectivity index (χ2v) is 5.00. The fourth-order valence-corrected chi connectivity index (χ4v) is 1.44. The normalized spacial score (nSPS) is 12.2. The molecule has 0 spiro atoms. The molecule has 1 rings (SSSR count). The average molecular weight is 288 g/mol. The van der Waals surface area contributed by atoms with Gasteiger partial charge < -0.3 is 0 Å². The number of hydrogen-bond donors (Lipinski definition) is 1. The van der Waals surface area contributed by atoms with E-state index in [0.717, 1.165) is 16.9 Å². The van der Waals surface area contributed by atoms with Gasteiger partial charge >= 0.3 is 15.5 Å². The summed E-state index contributed by atoms with van der Waals surface area (Å²) in [5.41, 5.74) is -5.78. The average Bonchev–Trinajstić information content (AvgIpc) is 2.16. The number of carbonyl (C=O) groups excluding carboxylic acids is 1. The van der Waals surface area contributed by atoms with Crippen molar-refractivity contribution in [3.8, 4) is 0 Å². The van der Waals surface area contributed by atoms with Gasteiger partial charge in [0.25, 0.3) is 5.91 Å². The van der Waals surface area contributed by atoms with Crippen molar-refractivity contribution in [1.29, 1.82) is 0 Å². The predicted molar refractivity (Wildman–Crippen MR) is 53.9 cm³/mol. The van der Waals surface area contributed by atoms with Gasteiger partial charge in [-0.3, -0.25) is 4.79 Å². The molecule has 1 amide bonds. The number of hydrogen-bond acceptors (Lipinski definition) is 3. The molecule has 4 nitrogen and oxygen atoms in total. The quantitative estimate of drug-likeness (QED) is 0.904. The number of sulfonamides is 1. The highest BCUT2D eigenvalue weighted by Gasteiger charge is 2.47. The Labute approximate surface area is 99.4 Å². The Kier molecular flexibility index (Phi) is 3.68. The van der Waals surface area contributed by atoms with Gasteiger partial charge in [-0.1, -0.05) is 11.6 Å². The van der Waals surface area contributed by atoms with Crippen LogP contribution in [0.2, 0.25) is 5.02 Å². The van der Waals surface area contributed by atoms with Crippen LogP contribution in [0.1, 0.15) is 10.4 Å². The van der Waals surface area contributed by atoms with Gasteiger partial charge in [0.2, 0.25) is 0 Å². The third kappa shape index (κ3) is 3.34. The van der Waals surface area contributed by atoms with E-state index in [2.05, 4.69) is 0 Å². The minimum absolute atomic E-state index is 0.248. The Hall–Kier alpha value is -1.28. The van der Waals surface area contributed by atoms with Crippen LogP contribution in [0, 0.1) is 0 Å². The topological polar surface area (TPSA) is 63.2 Å². The molecule has 0 fully saturated rings. The van der Waals surface area contributed by atoms with Gasteiger partial charge in [-0.25, -0.2) is 4.72 Å². The predicted octanol–water partition coefficient (Wildman–Crippen LogP) is 1.92. The first-order valence-corrected chi connectivity index (χ1v) is 5.88. The van der Waals surface area contributed by atoms with Crippen molar-refractivity contribution in [2.45, 2.75) is 5.51 Å². The van der Waals surface area contributed by atoms with Crippen LogP contribution < -0.4 is 4.72 Å². The van der Waals surface area contributed by atoms with Gasteiger partial charge in [0.15, 0.2) is 0 Å². The Balaban J connectivity index is 2.91. The highest BCUT2D eigenvalue weighted by Crippen LogP contribution is 2.22. The zero-order chi connectivity index (χ0) is 13.3. The van der Waals surface area contributed by atoms with E-state index in [1.807, 2.05) is 0 Å². The first kappa shape index (κ1) is 13.8. The van der Waals surface area contributed by atoms with Crippen molar-refractivity contribution in [1.82, 2.24) is 4.72 Å². The summed E-state index contributed by atoms with van der Waals surface area (Å²) in [6.07, 6.45) is 0. The third-order valence-corrected chi connectivity index (χ3v) is 2.95. The lowest BCUT2D eigenvalue weighted by Crippen LogP contribution is -2.40. The minimum atomic E-state index is -5.69. The Morgan fingerprint density at radius 3 is 2.06 bits per heavy atom. The number of alkyl halides is 3. The van der Waals surface area contributed by atoms with E-state index in [-0.39, 0.29) is 10.6 Å². The van der Waals surface area contributed by atoms with Crippen LogP contribution in [-0.2, 0) is 10.0 Å². The molecule has 1 aromatic carbocycles. The van der Waals surface area contributed by atoms with Crippen molar-refractivity contribution in [3.05, 3.63) is 34.9 Å². The largest absolute Gasteiger partial charge is 0.516 e. The fourth-order valence-electron chi connectivity index (χ4n) is 0.840. The van der Waals surface area contributed by atoms with Crippen molar-refractivity contribution in [3.63, 3.8) is 0 Å². The van der Waals surface area contributed by atoms with Crippen LogP contribution in [0.4, 0.5) is 13.2 Å². The summed E-state index contributed by atoms with van der Waals surface area (Å²) >= 11 is 5.49. The molecule has 94 valence electrons. The highest BCUT2D eigenvalue weighted by atomic mass is 35.5. The number of nitrogens with one attached hydrogen (secondary N) is 1. The molecule has 0 aliphatic carbocycles. The molecule has 0 atom stereocenters. The summed E-state index contributed by atoms with van der Waals surface area (Å²) in [7, 11) is -5.69. The molecule has 1 aromatic rings. The molecule has 0 aliphatic rings. The smallest absolute Gasteiger partial charge is 0.268 e.